The molecule has 3 rings (SSSR count). The van der Waals surface area contributed by atoms with Crippen molar-refractivity contribution in [1.29, 1.82) is 0 Å². The number of hydrogen-bond donors (Lipinski definition) is 2. The van der Waals surface area contributed by atoms with Crippen LogP contribution in [-0.4, -0.2) is 68.4 Å². The standard InChI is InChI=1S/C18H28N4O2/c1-19-18(20-9-8-15-5-4-14-24-15)22-12-10-21(11-13-22)16-6-2-3-7-17(16)23/h2-3,6-7,15,23H,4-5,8-14H2,1H3,(H,19,20). The van der Waals surface area contributed by atoms with Crippen molar-refractivity contribution in [2.24, 2.45) is 4.99 Å². The molecule has 1 atom stereocenters. The summed E-state index contributed by atoms with van der Waals surface area (Å²) in [6, 6.07) is 7.54. The number of piperazine rings is 1. The third-order valence-electron chi connectivity index (χ3n) is 4.79. The highest BCUT2D eigenvalue weighted by atomic mass is 16.5. The van der Waals surface area contributed by atoms with E-state index in [-0.39, 0.29) is 0 Å². The van der Waals surface area contributed by atoms with E-state index < -0.39 is 0 Å². The predicted octanol–water partition coefficient (Wildman–Crippen LogP) is 1.66. The first kappa shape index (κ1) is 16.9. The van der Waals surface area contributed by atoms with Crippen LogP contribution in [-0.2, 0) is 4.74 Å². The number of nitrogens with one attached hydrogen (secondary N) is 1. The van der Waals surface area contributed by atoms with Crippen molar-refractivity contribution < 1.29 is 9.84 Å². The van der Waals surface area contributed by atoms with Crippen LogP contribution in [0, 0.1) is 0 Å². The van der Waals surface area contributed by atoms with Gasteiger partial charge in [0.1, 0.15) is 5.75 Å². The normalized spacial score (nSPS) is 22.0. The Bertz CT molecular complexity index is 550. The van der Waals surface area contributed by atoms with Crippen LogP contribution in [0.5, 0.6) is 5.75 Å². The first-order valence-corrected chi connectivity index (χ1v) is 8.88. The minimum Gasteiger partial charge on any atom is -0.506 e. The number of hydrogen-bond acceptors (Lipinski definition) is 4. The van der Waals surface area contributed by atoms with Gasteiger partial charge in [-0.2, -0.15) is 0 Å². The van der Waals surface area contributed by atoms with E-state index in [1.807, 2.05) is 25.2 Å². The number of ether oxygens (including phenoxy) is 1. The predicted molar refractivity (Wildman–Crippen MR) is 96.8 cm³/mol. The number of anilines is 1. The van der Waals surface area contributed by atoms with Gasteiger partial charge in [-0.3, -0.25) is 4.99 Å². The molecule has 0 amide bonds. The quantitative estimate of drug-likeness (QED) is 0.649. The average Bonchev–Trinajstić information content (AvgIpc) is 3.13. The zero-order valence-electron chi connectivity index (χ0n) is 14.4. The molecule has 1 aromatic carbocycles. The Hall–Kier alpha value is -1.95. The summed E-state index contributed by atoms with van der Waals surface area (Å²) >= 11 is 0. The van der Waals surface area contributed by atoms with Gasteiger partial charge in [-0.05, 0) is 31.4 Å². The van der Waals surface area contributed by atoms with Crippen LogP contribution in [0.2, 0.25) is 0 Å². The van der Waals surface area contributed by atoms with Crippen LogP contribution in [0.1, 0.15) is 19.3 Å². The minimum atomic E-state index is 0.352. The van der Waals surface area contributed by atoms with Gasteiger partial charge in [-0.25, -0.2) is 0 Å². The summed E-state index contributed by atoms with van der Waals surface area (Å²) in [4.78, 5) is 8.93. The van der Waals surface area contributed by atoms with Crippen LogP contribution >= 0.6 is 0 Å². The smallest absolute Gasteiger partial charge is 0.193 e. The second-order valence-corrected chi connectivity index (χ2v) is 6.36. The summed E-state index contributed by atoms with van der Waals surface area (Å²) in [6.45, 7) is 5.36. The molecule has 2 fully saturated rings. The molecule has 24 heavy (non-hydrogen) atoms. The molecule has 0 aliphatic carbocycles. The Morgan fingerprint density at radius 3 is 2.75 bits per heavy atom. The fourth-order valence-electron chi connectivity index (χ4n) is 3.44. The minimum absolute atomic E-state index is 0.352. The molecule has 0 aromatic heterocycles. The molecule has 6 nitrogen and oxygen atoms in total. The average molecular weight is 332 g/mol. The Balaban J connectivity index is 1.46. The Kier molecular flexibility index (Phi) is 5.80. The molecular formula is C18H28N4O2. The molecule has 132 valence electrons. The molecule has 1 unspecified atom stereocenters. The summed E-state index contributed by atoms with van der Waals surface area (Å²) in [5, 5.41) is 13.5. The van der Waals surface area contributed by atoms with Crippen molar-refractivity contribution in [3.05, 3.63) is 24.3 Å². The van der Waals surface area contributed by atoms with Gasteiger partial charge in [0.2, 0.25) is 0 Å². The first-order valence-electron chi connectivity index (χ1n) is 8.88. The van der Waals surface area contributed by atoms with Gasteiger partial charge < -0.3 is 25.0 Å². The van der Waals surface area contributed by atoms with Gasteiger partial charge in [-0.1, -0.05) is 12.1 Å². The highest BCUT2D eigenvalue weighted by Crippen LogP contribution is 2.27. The zero-order valence-corrected chi connectivity index (χ0v) is 14.4. The summed E-state index contributed by atoms with van der Waals surface area (Å²) in [5.74, 6) is 1.31. The first-order chi connectivity index (χ1) is 11.8. The summed E-state index contributed by atoms with van der Waals surface area (Å²) in [7, 11) is 1.84. The fourth-order valence-corrected chi connectivity index (χ4v) is 3.44. The van der Waals surface area contributed by atoms with Gasteiger partial charge in [-0.15, -0.1) is 0 Å². The number of phenols is 1. The number of phenolic OH excluding ortho intramolecular Hbond substituents is 1. The van der Waals surface area contributed by atoms with Crippen LogP contribution < -0.4 is 10.2 Å². The molecule has 2 N–H and O–H groups in total. The van der Waals surface area contributed by atoms with Crippen LogP contribution in [0.15, 0.2) is 29.3 Å². The second kappa shape index (κ2) is 8.24. The monoisotopic (exact) mass is 332 g/mol. The number of aromatic hydroxyl groups is 1. The van der Waals surface area contributed by atoms with Crippen LogP contribution in [0.25, 0.3) is 0 Å². The van der Waals surface area contributed by atoms with Crippen molar-refractivity contribution in [2.75, 3.05) is 51.3 Å². The molecule has 0 spiro atoms. The highest BCUT2D eigenvalue weighted by Gasteiger charge is 2.21. The van der Waals surface area contributed by atoms with Gasteiger partial charge in [0.05, 0.1) is 11.8 Å². The lowest BCUT2D eigenvalue weighted by atomic mass is 10.2. The second-order valence-electron chi connectivity index (χ2n) is 6.36. The SMILES string of the molecule is CN=C(NCCC1CCCO1)N1CCN(c2ccccc2O)CC1. The van der Waals surface area contributed by atoms with Gasteiger partial charge in [0.15, 0.2) is 5.96 Å². The molecule has 0 radical (unpaired) electrons. The summed E-state index contributed by atoms with van der Waals surface area (Å²) in [5.41, 5.74) is 0.915. The Morgan fingerprint density at radius 2 is 2.08 bits per heavy atom. The van der Waals surface area contributed by atoms with E-state index in [2.05, 4.69) is 20.1 Å². The van der Waals surface area contributed by atoms with E-state index in [9.17, 15) is 5.11 Å². The van der Waals surface area contributed by atoms with Crippen molar-refractivity contribution in [2.45, 2.75) is 25.4 Å². The molecule has 6 heteroatoms. The lowest BCUT2D eigenvalue weighted by Crippen LogP contribution is -2.52. The number of nitrogens with zero attached hydrogens (tertiary/aromatic N) is 3. The number of para-hydroxylation sites is 2. The zero-order chi connectivity index (χ0) is 16.8. The van der Waals surface area contributed by atoms with Crippen molar-refractivity contribution in [3.63, 3.8) is 0 Å². The van der Waals surface area contributed by atoms with Gasteiger partial charge in [0.25, 0.3) is 0 Å². The van der Waals surface area contributed by atoms with E-state index in [0.29, 0.717) is 11.9 Å². The third kappa shape index (κ3) is 4.12. The maximum atomic E-state index is 10.0. The molecule has 2 saturated heterocycles. The van der Waals surface area contributed by atoms with Crippen molar-refractivity contribution in [1.82, 2.24) is 10.2 Å². The Labute approximate surface area is 144 Å². The number of benzene rings is 1. The van der Waals surface area contributed by atoms with E-state index in [0.717, 1.165) is 57.4 Å². The molecule has 2 aliphatic rings. The lowest BCUT2D eigenvalue weighted by molar-refractivity contribution is 0.105. The molecule has 2 aliphatic heterocycles. The molecule has 0 saturated carbocycles. The van der Waals surface area contributed by atoms with E-state index in [4.69, 9.17) is 4.74 Å². The van der Waals surface area contributed by atoms with Gasteiger partial charge in [0, 0.05) is 46.4 Å². The molecular weight excluding hydrogens is 304 g/mol. The van der Waals surface area contributed by atoms with Crippen molar-refractivity contribution >= 4 is 11.6 Å². The number of guanidine groups is 1. The topological polar surface area (TPSA) is 60.3 Å². The van der Waals surface area contributed by atoms with E-state index in [1.54, 1.807) is 6.07 Å². The summed E-state index contributed by atoms with van der Waals surface area (Å²) in [6.07, 6.45) is 3.82. The van der Waals surface area contributed by atoms with Gasteiger partial charge >= 0.3 is 0 Å². The lowest BCUT2D eigenvalue weighted by Gasteiger charge is -2.37. The maximum absolute atomic E-state index is 10.0. The van der Waals surface area contributed by atoms with Crippen LogP contribution in [0.3, 0.4) is 0 Å². The van der Waals surface area contributed by atoms with Crippen LogP contribution in [0.4, 0.5) is 5.69 Å². The third-order valence-corrected chi connectivity index (χ3v) is 4.79. The number of rotatable bonds is 4. The highest BCUT2D eigenvalue weighted by molar-refractivity contribution is 5.80. The number of aliphatic imine (C=N–C) groups is 1. The fraction of sp³-hybridized carbons (Fsp3) is 0.611. The van der Waals surface area contributed by atoms with E-state index >= 15 is 0 Å². The maximum Gasteiger partial charge on any atom is 0.193 e. The summed E-state index contributed by atoms with van der Waals surface area (Å²) < 4.78 is 5.66. The Morgan fingerprint density at radius 1 is 1.29 bits per heavy atom. The van der Waals surface area contributed by atoms with Crippen molar-refractivity contribution in [3.8, 4) is 5.75 Å². The molecule has 0 bridgehead atoms. The molecule has 1 aromatic rings. The largest absolute Gasteiger partial charge is 0.506 e. The van der Waals surface area contributed by atoms with E-state index in [1.165, 1.54) is 12.8 Å². The molecule has 2 heterocycles.